The molecule has 12 heavy (non-hydrogen) atoms. The number of nitrogens with one attached hydrogen (secondary N) is 1. The van der Waals surface area contributed by atoms with Gasteiger partial charge in [0, 0.05) is 19.8 Å². The number of hydrogen-bond acceptors (Lipinski definition) is 3. The van der Waals surface area contributed by atoms with Crippen LogP contribution in [0.4, 0.5) is 0 Å². The van der Waals surface area contributed by atoms with E-state index in [1.54, 1.807) is 14.2 Å². The highest BCUT2D eigenvalue weighted by Gasteiger charge is 2.40. The molecule has 0 aromatic rings. The molecule has 3 nitrogen and oxygen atoms in total. The Morgan fingerprint density at radius 3 is 2.00 bits per heavy atom. The third-order valence-corrected chi connectivity index (χ3v) is 6.06. The number of rotatable bonds is 6. The summed E-state index contributed by atoms with van der Waals surface area (Å²) in [6.07, 6.45) is 1.08. The van der Waals surface area contributed by atoms with E-state index in [1.165, 1.54) is 0 Å². The minimum atomic E-state index is -2.10. The molecule has 1 atom stereocenters. The summed E-state index contributed by atoms with van der Waals surface area (Å²) in [6.45, 7) is 7.30. The summed E-state index contributed by atoms with van der Waals surface area (Å²) < 4.78 is 11.0. The normalized spacial score (nSPS) is 14.8. The van der Waals surface area contributed by atoms with Gasteiger partial charge in [0.15, 0.2) is 0 Å². The van der Waals surface area contributed by atoms with Crippen LogP contribution in [0.3, 0.4) is 0 Å². The zero-order valence-electron chi connectivity index (χ0n) is 8.81. The lowest BCUT2D eigenvalue weighted by atomic mass is 10.4. The molecule has 1 unspecified atom stereocenters. The van der Waals surface area contributed by atoms with Crippen LogP contribution in [-0.2, 0) is 8.85 Å². The van der Waals surface area contributed by atoms with Gasteiger partial charge in [-0.2, -0.15) is 0 Å². The van der Waals surface area contributed by atoms with Crippen molar-refractivity contribution in [3.63, 3.8) is 0 Å². The molecule has 0 rings (SSSR count). The van der Waals surface area contributed by atoms with E-state index >= 15 is 0 Å². The minimum absolute atomic E-state index is 0.479. The van der Waals surface area contributed by atoms with Crippen LogP contribution in [0.25, 0.3) is 0 Å². The van der Waals surface area contributed by atoms with Gasteiger partial charge < -0.3 is 8.85 Å². The first-order valence-electron chi connectivity index (χ1n) is 4.52. The maximum Gasteiger partial charge on any atom is 0.427 e. The van der Waals surface area contributed by atoms with Gasteiger partial charge in [-0.3, -0.25) is 4.98 Å². The molecule has 0 saturated heterocycles. The van der Waals surface area contributed by atoms with E-state index in [0.717, 1.165) is 13.0 Å². The fourth-order valence-corrected chi connectivity index (χ4v) is 3.96. The van der Waals surface area contributed by atoms with Crippen LogP contribution in [-0.4, -0.2) is 29.5 Å². The van der Waals surface area contributed by atoms with Crippen LogP contribution in [0, 0.1) is 0 Å². The summed E-state index contributed by atoms with van der Waals surface area (Å²) in [7, 11) is 1.36. The Hall–Kier alpha value is 0.0969. The van der Waals surface area contributed by atoms with Crippen molar-refractivity contribution >= 4 is 8.72 Å². The number of hydrogen-bond donors (Lipinski definition) is 1. The Morgan fingerprint density at radius 1 is 1.25 bits per heavy atom. The van der Waals surface area contributed by atoms with Crippen molar-refractivity contribution in [2.24, 2.45) is 0 Å². The predicted octanol–water partition coefficient (Wildman–Crippen LogP) is 1.63. The van der Waals surface area contributed by atoms with Crippen LogP contribution in [0.15, 0.2) is 0 Å². The fraction of sp³-hybridized carbons (Fsp3) is 1.00. The van der Waals surface area contributed by atoms with Gasteiger partial charge >= 0.3 is 8.72 Å². The molecule has 0 aliphatic heterocycles. The summed E-state index contributed by atoms with van der Waals surface area (Å²) in [5.74, 6) is 0. The molecule has 4 heteroatoms. The molecule has 0 radical (unpaired) electrons. The van der Waals surface area contributed by atoms with Gasteiger partial charge in [-0.25, -0.2) is 0 Å². The lowest BCUT2D eigenvalue weighted by Crippen LogP contribution is -2.57. The molecule has 0 spiro atoms. The molecular weight excluding hydrogens is 170 g/mol. The SMILES string of the molecule is CCN[Si](OC)(OC)C(C)CC. The summed E-state index contributed by atoms with van der Waals surface area (Å²) in [4.78, 5) is 3.34. The molecule has 0 amide bonds. The Balaban J connectivity index is 4.33. The van der Waals surface area contributed by atoms with Crippen molar-refractivity contribution in [2.45, 2.75) is 32.7 Å². The van der Waals surface area contributed by atoms with Crippen molar-refractivity contribution in [1.29, 1.82) is 0 Å². The van der Waals surface area contributed by atoms with Crippen LogP contribution in [0.1, 0.15) is 27.2 Å². The van der Waals surface area contributed by atoms with Gasteiger partial charge in [0.25, 0.3) is 0 Å². The zero-order chi connectivity index (χ0) is 9.61. The van der Waals surface area contributed by atoms with Gasteiger partial charge in [0.2, 0.25) is 0 Å². The monoisotopic (exact) mass is 191 g/mol. The summed E-state index contributed by atoms with van der Waals surface area (Å²) >= 11 is 0. The van der Waals surface area contributed by atoms with E-state index in [-0.39, 0.29) is 0 Å². The molecule has 74 valence electrons. The minimum Gasteiger partial charge on any atom is -0.386 e. The Bertz CT molecular complexity index is 118. The van der Waals surface area contributed by atoms with Crippen molar-refractivity contribution in [1.82, 2.24) is 4.98 Å². The lowest BCUT2D eigenvalue weighted by Gasteiger charge is -2.32. The smallest absolute Gasteiger partial charge is 0.386 e. The van der Waals surface area contributed by atoms with Crippen LogP contribution in [0.2, 0.25) is 5.54 Å². The van der Waals surface area contributed by atoms with Crippen LogP contribution < -0.4 is 4.98 Å². The second kappa shape index (κ2) is 5.69. The first-order valence-corrected chi connectivity index (χ1v) is 6.41. The van der Waals surface area contributed by atoms with E-state index in [2.05, 4.69) is 25.8 Å². The quantitative estimate of drug-likeness (QED) is 0.647. The molecule has 0 heterocycles. The Kier molecular flexibility index (Phi) is 5.74. The first-order chi connectivity index (χ1) is 5.66. The average Bonchev–Trinajstić information content (AvgIpc) is 2.13. The van der Waals surface area contributed by atoms with Gasteiger partial charge in [-0.05, 0) is 6.54 Å². The summed E-state index contributed by atoms with van der Waals surface area (Å²) in [6, 6.07) is 0. The first kappa shape index (κ1) is 12.1. The average molecular weight is 191 g/mol. The molecule has 0 saturated carbocycles. The lowest BCUT2D eigenvalue weighted by molar-refractivity contribution is 0.216. The standard InChI is InChI=1S/C8H21NO2Si/c1-6-8(3)12(10-4,11-5)9-7-2/h8-9H,6-7H2,1-5H3. The molecule has 0 fully saturated rings. The molecule has 0 aromatic carbocycles. The van der Waals surface area contributed by atoms with Crippen LogP contribution in [0.5, 0.6) is 0 Å². The second-order valence-electron chi connectivity index (χ2n) is 2.92. The Labute approximate surface area is 76.8 Å². The van der Waals surface area contributed by atoms with E-state index in [0.29, 0.717) is 5.54 Å². The fourth-order valence-electron chi connectivity index (χ4n) is 1.32. The van der Waals surface area contributed by atoms with Crippen molar-refractivity contribution < 1.29 is 8.85 Å². The third kappa shape index (κ3) is 2.55. The summed E-state index contributed by atoms with van der Waals surface area (Å²) in [5.41, 5.74) is 0.479. The third-order valence-electron chi connectivity index (χ3n) is 2.29. The van der Waals surface area contributed by atoms with Gasteiger partial charge in [0.1, 0.15) is 0 Å². The van der Waals surface area contributed by atoms with E-state index in [1.807, 2.05) is 0 Å². The molecule has 1 N–H and O–H groups in total. The van der Waals surface area contributed by atoms with Crippen LogP contribution >= 0.6 is 0 Å². The van der Waals surface area contributed by atoms with Gasteiger partial charge in [0.05, 0.1) is 0 Å². The zero-order valence-corrected chi connectivity index (χ0v) is 9.81. The highest BCUT2D eigenvalue weighted by molar-refractivity contribution is 6.66. The molecule has 0 aliphatic rings. The Morgan fingerprint density at radius 2 is 1.75 bits per heavy atom. The molecule has 0 aromatic heterocycles. The van der Waals surface area contributed by atoms with Gasteiger partial charge in [-0.1, -0.05) is 27.2 Å². The molecule has 0 aliphatic carbocycles. The van der Waals surface area contributed by atoms with Gasteiger partial charge in [-0.15, -0.1) is 0 Å². The summed E-state index contributed by atoms with van der Waals surface area (Å²) in [5, 5.41) is 0. The topological polar surface area (TPSA) is 30.5 Å². The second-order valence-corrected chi connectivity index (χ2v) is 6.41. The van der Waals surface area contributed by atoms with E-state index < -0.39 is 8.72 Å². The van der Waals surface area contributed by atoms with Crippen molar-refractivity contribution in [2.75, 3.05) is 20.8 Å². The largest absolute Gasteiger partial charge is 0.427 e. The molecule has 0 bridgehead atoms. The maximum absolute atomic E-state index is 5.49. The predicted molar refractivity (Wildman–Crippen MR) is 53.2 cm³/mol. The van der Waals surface area contributed by atoms with Crippen molar-refractivity contribution in [3.05, 3.63) is 0 Å². The highest BCUT2D eigenvalue weighted by atomic mass is 28.4. The highest BCUT2D eigenvalue weighted by Crippen LogP contribution is 2.22. The maximum atomic E-state index is 5.49. The van der Waals surface area contributed by atoms with E-state index in [4.69, 9.17) is 8.85 Å². The van der Waals surface area contributed by atoms with E-state index in [9.17, 15) is 0 Å². The molecular formula is C8H21NO2Si. The van der Waals surface area contributed by atoms with Crippen molar-refractivity contribution in [3.8, 4) is 0 Å².